The highest BCUT2D eigenvalue weighted by atomic mass is 79.9. The number of unbranched alkanes of at least 4 members (excludes halogenated alkanes) is 1. The molecule has 0 unspecified atom stereocenters. The number of nitrogens with zero attached hydrogens (tertiary/aromatic N) is 1. The summed E-state index contributed by atoms with van der Waals surface area (Å²) in [7, 11) is 0. The number of amides is 2. The SMILES string of the molecule is O=C(CCCCc1ccc(Br)cc1)NCc1cccc(CN2CCCC2=O)c1. The molecule has 1 aliphatic heterocycles. The summed E-state index contributed by atoms with van der Waals surface area (Å²) < 4.78 is 1.09. The molecule has 0 radical (unpaired) electrons. The first kappa shape index (κ1) is 20.6. The van der Waals surface area contributed by atoms with Crippen molar-refractivity contribution >= 4 is 27.7 Å². The Morgan fingerprint density at radius 2 is 1.82 bits per heavy atom. The monoisotopic (exact) mass is 442 g/mol. The number of benzene rings is 2. The highest BCUT2D eigenvalue weighted by molar-refractivity contribution is 9.10. The number of carbonyl (C=O) groups excluding carboxylic acids is 2. The molecule has 1 N–H and O–H groups in total. The van der Waals surface area contributed by atoms with Gasteiger partial charge in [-0.05, 0) is 54.5 Å². The molecule has 0 atom stereocenters. The van der Waals surface area contributed by atoms with E-state index in [4.69, 9.17) is 0 Å². The molecule has 2 aromatic carbocycles. The highest BCUT2D eigenvalue weighted by Crippen LogP contribution is 2.15. The Kier molecular flexibility index (Phi) is 7.66. The van der Waals surface area contributed by atoms with Crippen molar-refractivity contribution in [3.63, 3.8) is 0 Å². The van der Waals surface area contributed by atoms with Crippen molar-refractivity contribution in [2.75, 3.05) is 6.54 Å². The minimum Gasteiger partial charge on any atom is -0.352 e. The zero-order valence-electron chi connectivity index (χ0n) is 16.1. The number of aryl methyl sites for hydroxylation is 1. The van der Waals surface area contributed by atoms with Crippen molar-refractivity contribution in [3.05, 3.63) is 69.7 Å². The van der Waals surface area contributed by atoms with Crippen molar-refractivity contribution in [2.45, 2.75) is 51.6 Å². The minimum absolute atomic E-state index is 0.0935. The van der Waals surface area contributed by atoms with Crippen molar-refractivity contribution < 1.29 is 9.59 Å². The lowest BCUT2D eigenvalue weighted by Crippen LogP contribution is -2.24. The molecule has 1 heterocycles. The summed E-state index contributed by atoms with van der Waals surface area (Å²) in [4.78, 5) is 25.8. The number of halogens is 1. The van der Waals surface area contributed by atoms with E-state index in [-0.39, 0.29) is 11.8 Å². The van der Waals surface area contributed by atoms with Crippen molar-refractivity contribution in [1.82, 2.24) is 10.2 Å². The predicted octanol–water partition coefficient (Wildman–Crippen LogP) is 4.60. The van der Waals surface area contributed by atoms with E-state index in [2.05, 4.69) is 51.6 Å². The molecular weight excluding hydrogens is 416 g/mol. The number of rotatable bonds is 9. The highest BCUT2D eigenvalue weighted by Gasteiger charge is 2.19. The van der Waals surface area contributed by atoms with E-state index in [1.54, 1.807) is 0 Å². The minimum atomic E-state index is 0.0935. The fourth-order valence-corrected chi connectivity index (χ4v) is 3.75. The second-order valence-electron chi connectivity index (χ2n) is 7.35. The Balaban J connectivity index is 1.36. The van der Waals surface area contributed by atoms with Gasteiger partial charge in [-0.3, -0.25) is 9.59 Å². The van der Waals surface area contributed by atoms with E-state index in [9.17, 15) is 9.59 Å². The maximum absolute atomic E-state index is 12.1. The van der Waals surface area contributed by atoms with Crippen LogP contribution in [0.1, 0.15) is 48.8 Å². The molecular formula is C23H27BrN2O2. The van der Waals surface area contributed by atoms with Crippen molar-refractivity contribution in [2.24, 2.45) is 0 Å². The van der Waals surface area contributed by atoms with Gasteiger partial charge in [-0.25, -0.2) is 0 Å². The Hall–Kier alpha value is -2.14. The summed E-state index contributed by atoms with van der Waals surface area (Å²) in [5, 5.41) is 3.01. The van der Waals surface area contributed by atoms with E-state index >= 15 is 0 Å². The number of nitrogens with one attached hydrogen (secondary N) is 1. The zero-order valence-corrected chi connectivity index (χ0v) is 17.7. The number of hydrogen-bond acceptors (Lipinski definition) is 2. The first-order chi connectivity index (χ1) is 13.6. The molecule has 0 aromatic heterocycles. The topological polar surface area (TPSA) is 49.4 Å². The molecule has 0 bridgehead atoms. The predicted molar refractivity (Wildman–Crippen MR) is 115 cm³/mol. The van der Waals surface area contributed by atoms with Gasteiger partial charge in [0.2, 0.25) is 11.8 Å². The van der Waals surface area contributed by atoms with Gasteiger partial charge in [0.25, 0.3) is 0 Å². The van der Waals surface area contributed by atoms with Crippen molar-refractivity contribution in [1.29, 1.82) is 0 Å². The Morgan fingerprint density at radius 3 is 2.57 bits per heavy atom. The average molecular weight is 443 g/mol. The molecule has 148 valence electrons. The van der Waals surface area contributed by atoms with Crippen LogP contribution >= 0.6 is 15.9 Å². The lowest BCUT2D eigenvalue weighted by atomic mass is 10.1. The number of carbonyl (C=O) groups is 2. The standard InChI is InChI=1S/C23H27BrN2O2/c24-21-12-10-18(11-13-21)5-1-2-8-22(27)25-16-19-6-3-7-20(15-19)17-26-14-4-9-23(26)28/h3,6-7,10-13,15H,1-2,4-5,8-9,14,16-17H2,(H,25,27). The van der Waals surface area contributed by atoms with Crippen LogP contribution in [0.5, 0.6) is 0 Å². The smallest absolute Gasteiger partial charge is 0.222 e. The first-order valence-corrected chi connectivity index (χ1v) is 10.8. The quantitative estimate of drug-likeness (QED) is 0.576. The van der Waals surface area contributed by atoms with E-state index in [1.807, 2.05) is 23.1 Å². The third-order valence-electron chi connectivity index (χ3n) is 5.06. The summed E-state index contributed by atoms with van der Waals surface area (Å²) in [6.45, 7) is 2.05. The van der Waals surface area contributed by atoms with Crippen LogP contribution in [0.25, 0.3) is 0 Å². The second kappa shape index (κ2) is 10.4. The fraction of sp³-hybridized carbons (Fsp3) is 0.391. The maximum Gasteiger partial charge on any atom is 0.222 e. The Labute approximate surface area is 175 Å². The van der Waals surface area contributed by atoms with Gasteiger partial charge in [0.05, 0.1) is 0 Å². The summed E-state index contributed by atoms with van der Waals surface area (Å²) in [5.41, 5.74) is 3.50. The van der Waals surface area contributed by atoms with Crippen LogP contribution < -0.4 is 5.32 Å². The van der Waals surface area contributed by atoms with Gasteiger partial charge < -0.3 is 10.2 Å². The summed E-state index contributed by atoms with van der Waals surface area (Å²) >= 11 is 3.44. The van der Waals surface area contributed by atoms with Gasteiger partial charge >= 0.3 is 0 Å². The molecule has 5 heteroatoms. The zero-order chi connectivity index (χ0) is 19.8. The molecule has 1 saturated heterocycles. The van der Waals surface area contributed by atoms with Crippen LogP contribution in [0.3, 0.4) is 0 Å². The summed E-state index contributed by atoms with van der Waals surface area (Å²) in [5.74, 6) is 0.331. The molecule has 0 spiro atoms. The molecule has 4 nitrogen and oxygen atoms in total. The molecule has 0 saturated carbocycles. The largest absolute Gasteiger partial charge is 0.352 e. The van der Waals surface area contributed by atoms with E-state index in [0.717, 1.165) is 47.8 Å². The molecule has 0 aliphatic carbocycles. The van der Waals surface area contributed by atoms with Gasteiger partial charge in [-0.1, -0.05) is 52.3 Å². The van der Waals surface area contributed by atoms with Gasteiger partial charge in [0.15, 0.2) is 0 Å². The van der Waals surface area contributed by atoms with Crippen LogP contribution in [0.2, 0.25) is 0 Å². The van der Waals surface area contributed by atoms with Gasteiger partial charge in [0, 0.05) is 36.9 Å². The van der Waals surface area contributed by atoms with Crippen LogP contribution in [0.4, 0.5) is 0 Å². The molecule has 28 heavy (non-hydrogen) atoms. The van der Waals surface area contributed by atoms with E-state index < -0.39 is 0 Å². The number of likely N-dealkylation sites (tertiary alicyclic amines) is 1. The lowest BCUT2D eigenvalue weighted by Gasteiger charge is -2.16. The normalized spacial score (nSPS) is 13.8. The van der Waals surface area contributed by atoms with Gasteiger partial charge in [-0.2, -0.15) is 0 Å². The van der Waals surface area contributed by atoms with Crippen LogP contribution in [-0.2, 0) is 29.1 Å². The van der Waals surface area contributed by atoms with Crippen LogP contribution in [-0.4, -0.2) is 23.3 Å². The summed E-state index contributed by atoms with van der Waals surface area (Å²) in [6.07, 6.45) is 5.07. The van der Waals surface area contributed by atoms with Crippen LogP contribution in [0.15, 0.2) is 53.0 Å². The number of hydrogen-bond donors (Lipinski definition) is 1. The lowest BCUT2D eigenvalue weighted by molar-refractivity contribution is -0.128. The molecule has 2 amide bonds. The van der Waals surface area contributed by atoms with E-state index in [0.29, 0.717) is 25.9 Å². The average Bonchev–Trinajstić information content (AvgIpc) is 3.10. The third kappa shape index (κ3) is 6.48. The van der Waals surface area contributed by atoms with Gasteiger partial charge in [-0.15, -0.1) is 0 Å². The maximum atomic E-state index is 12.1. The molecule has 2 aromatic rings. The van der Waals surface area contributed by atoms with Gasteiger partial charge in [0.1, 0.15) is 0 Å². The molecule has 3 rings (SSSR count). The Bertz CT molecular complexity index is 805. The molecule has 1 aliphatic rings. The van der Waals surface area contributed by atoms with E-state index in [1.165, 1.54) is 5.56 Å². The Morgan fingerprint density at radius 1 is 1.04 bits per heavy atom. The van der Waals surface area contributed by atoms with Crippen LogP contribution in [0, 0.1) is 0 Å². The fourth-order valence-electron chi connectivity index (χ4n) is 3.48. The van der Waals surface area contributed by atoms with Crippen molar-refractivity contribution in [3.8, 4) is 0 Å². The summed E-state index contributed by atoms with van der Waals surface area (Å²) in [6, 6.07) is 16.5. The molecule has 1 fully saturated rings. The second-order valence-corrected chi connectivity index (χ2v) is 8.26. The third-order valence-corrected chi connectivity index (χ3v) is 5.59. The first-order valence-electron chi connectivity index (χ1n) is 9.97.